The van der Waals surface area contributed by atoms with Crippen molar-refractivity contribution >= 4 is 21.8 Å². The second kappa shape index (κ2) is 9.28. The average Bonchev–Trinajstić information content (AvgIpc) is 2.55. The van der Waals surface area contributed by atoms with Gasteiger partial charge >= 0.3 is 0 Å². The second-order valence-corrected chi connectivity index (χ2v) is 7.09. The molecular formula is C18H26BrNO3. The Bertz CT molecular complexity index is 492. The smallest absolute Gasteiger partial charge is 0.260 e. The Balaban J connectivity index is 1.64. The highest BCUT2D eigenvalue weighted by Gasteiger charge is 2.21. The summed E-state index contributed by atoms with van der Waals surface area (Å²) in [5.41, 5.74) is 0. The van der Waals surface area contributed by atoms with Crippen molar-refractivity contribution in [3.05, 3.63) is 28.7 Å². The molecule has 128 valence electrons. The molecule has 0 saturated heterocycles. The predicted octanol–water partition coefficient (Wildman–Crippen LogP) is 3.93. The molecule has 0 bridgehead atoms. The number of carbonyl (C=O) groups excluding carboxylic acids is 1. The van der Waals surface area contributed by atoms with E-state index in [0.29, 0.717) is 30.9 Å². The van der Waals surface area contributed by atoms with Gasteiger partial charge in [0, 0.05) is 11.0 Å². The molecule has 0 radical (unpaired) electrons. The molecule has 5 heteroatoms. The molecule has 2 rings (SSSR count). The van der Waals surface area contributed by atoms with Gasteiger partial charge in [-0.05, 0) is 49.9 Å². The Hall–Kier alpha value is -1.07. The van der Waals surface area contributed by atoms with Gasteiger partial charge in [0.1, 0.15) is 5.75 Å². The summed E-state index contributed by atoms with van der Waals surface area (Å²) < 4.78 is 12.5. The molecule has 3 unspecified atom stereocenters. The molecular weight excluding hydrogens is 358 g/mol. The first-order valence-corrected chi connectivity index (χ1v) is 9.17. The van der Waals surface area contributed by atoms with Crippen LogP contribution in [0.1, 0.15) is 39.5 Å². The van der Waals surface area contributed by atoms with E-state index in [1.54, 1.807) is 6.92 Å². The number of carbonyl (C=O) groups is 1. The van der Waals surface area contributed by atoms with Crippen molar-refractivity contribution in [2.45, 2.75) is 51.7 Å². The molecule has 1 amide bonds. The maximum atomic E-state index is 12.0. The van der Waals surface area contributed by atoms with Crippen LogP contribution in [0.2, 0.25) is 0 Å². The van der Waals surface area contributed by atoms with E-state index in [9.17, 15) is 4.79 Å². The van der Waals surface area contributed by atoms with Crippen LogP contribution < -0.4 is 10.1 Å². The number of nitrogens with one attached hydrogen (secondary N) is 1. The zero-order chi connectivity index (χ0) is 16.7. The standard InChI is InChI=1S/C18H26BrNO3/c1-13-5-3-4-6-17(13)22-12-11-20-18(21)14(2)23-16-9-7-15(19)8-10-16/h7-10,13-14,17H,3-6,11-12H2,1-2H3,(H,20,21). The van der Waals surface area contributed by atoms with Gasteiger partial charge in [-0.15, -0.1) is 0 Å². The van der Waals surface area contributed by atoms with E-state index >= 15 is 0 Å². The highest BCUT2D eigenvalue weighted by atomic mass is 79.9. The van der Waals surface area contributed by atoms with Crippen LogP contribution in [0.15, 0.2) is 28.7 Å². The van der Waals surface area contributed by atoms with Gasteiger partial charge in [0.05, 0.1) is 12.7 Å². The van der Waals surface area contributed by atoms with Gasteiger partial charge in [-0.25, -0.2) is 0 Å². The highest BCUT2D eigenvalue weighted by molar-refractivity contribution is 9.10. The Kier molecular flexibility index (Phi) is 7.37. The van der Waals surface area contributed by atoms with E-state index in [1.165, 1.54) is 19.3 Å². The number of ether oxygens (including phenoxy) is 2. The van der Waals surface area contributed by atoms with Crippen molar-refractivity contribution < 1.29 is 14.3 Å². The number of hydrogen-bond acceptors (Lipinski definition) is 3. The maximum Gasteiger partial charge on any atom is 0.260 e. The van der Waals surface area contributed by atoms with Gasteiger partial charge in [-0.3, -0.25) is 4.79 Å². The van der Waals surface area contributed by atoms with Crippen LogP contribution in [0, 0.1) is 5.92 Å². The lowest BCUT2D eigenvalue weighted by atomic mass is 9.88. The molecule has 1 saturated carbocycles. The van der Waals surface area contributed by atoms with E-state index in [0.717, 1.165) is 10.9 Å². The summed E-state index contributed by atoms with van der Waals surface area (Å²) >= 11 is 3.37. The van der Waals surface area contributed by atoms with Gasteiger partial charge in [0.25, 0.3) is 5.91 Å². The molecule has 3 atom stereocenters. The number of benzene rings is 1. The third kappa shape index (κ3) is 6.15. The molecule has 1 aliphatic rings. The monoisotopic (exact) mass is 383 g/mol. The summed E-state index contributed by atoms with van der Waals surface area (Å²) in [7, 11) is 0. The molecule has 1 fully saturated rings. The third-order valence-corrected chi connectivity index (χ3v) is 4.79. The lowest BCUT2D eigenvalue weighted by Gasteiger charge is -2.28. The predicted molar refractivity (Wildman–Crippen MR) is 94.6 cm³/mol. The molecule has 1 aromatic rings. The minimum Gasteiger partial charge on any atom is -0.481 e. The zero-order valence-corrected chi connectivity index (χ0v) is 15.5. The maximum absolute atomic E-state index is 12.0. The van der Waals surface area contributed by atoms with E-state index < -0.39 is 6.10 Å². The van der Waals surface area contributed by atoms with E-state index in [1.807, 2.05) is 24.3 Å². The fourth-order valence-electron chi connectivity index (χ4n) is 2.83. The summed E-state index contributed by atoms with van der Waals surface area (Å²) in [6.45, 7) is 5.08. The molecule has 0 spiro atoms. The molecule has 4 nitrogen and oxygen atoms in total. The average molecular weight is 384 g/mol. The zero-order valence-electron chi connectivity index (χ0n) is 13.9. The van der Waals surface area contributed by atoms with Gasteiger partial charge in [-0.2, -0.15) is 0 Å². The van der Waals surface area contributed by atoms with Crippen molar-refractivity contribution in [3.63, 3.8) is 0 Å². The van der Waals surface area contributed by atoms with Gasteiger partial charge < -0.3 is 14.8 Å². The first-order valence-electron chi connectivity index (χ1n) is 8.38. The fourth-order valence-corrected chi connectivity index (χ4v) is 3.09. The van der Waals surface area contributed by atoms with Crippen LogP contribution >= 0.6 is 15.9 Å². The molecule has 1 aliphatic carbocycles. The number of rotatable bonds is 7. The van der Waals surface area contributed by atoms with Crippen LogP contribution in [-0.2, 0) is 9.53 Å². The summed E-state index contributed by atoms with van der Waals surface area (Å²) in [4.78, 5) is 12.0. The topological polar surface area (TPSA) is 47.6 Å². The lowest BCUT2D eigenvalue weighted by molar-refractivity contribution is -0.127. The van der Waals surface area contributed by atoms with Crippen molar-refractivity contribution in [2.75, 3.05) is 13.2 Å². The van der Waals surface area contributed by atoms with Crippen LogP contribution in [0.3, 0.4) is 0 Å². The van der Waals surface area contributed by atoms with Crippen LogP contribution in [0.25, 0.3) is 0 Å². The minimum atomic E-state index is -0.523. The van der Waals surface area contributed by atoms with E-state index in [4.69, 9.17) is 9.47 Å². The molecule has 23 heavy (non-hydrogen) atoms. The second-order valence-electron chi connectivity index (χ2n) is 6.18. The molecule has 0 heterocycles. The number of amides is 1. The molecule has 1 N–H and O–H groups in total. The van der Waals surface area contributed by atoms with Crippen molar-refractivity contribution in [3.8, 4) is 5.75 Å². The Morgan fingerprint density at radius 2 is 2.00 bits per heavy atom. The SMILES string of the molecule is CC(Oc1ccc(Br)cc1)C(=O)NCCOC1CCCCC1C. The Morgan fingerprint density at radius 1 is 1.30 bits per heavy atom. The van der Waals surface area contributed by atoms with Crippen molar-refractivity contribution in [1.82, 2.24) is 5.32 Å². The van der Waals surface area contributed by atoms with Crippen LogP contribution in [0.5, 0.6) is 5.75 Å². The van der Waals surface area contributed by atoms with Crippen LogP contribution in [-0.4, -0.2) is 31.3 Å². The third-order valence-electron chi connectivity index (χ3n) is 4.26. The Morgan fingerprint density at radius 3 is 2.70 bits per heavy atom. The van der Waals surface area contributed by atoms with Gasteiger partial charge in [-0.1, -0.05) is 35.7 Å². The van der Waals surface area contributed by atoms with Crippen molar-refractivity contribution in [2.24, 2.45) is 5.92 Å². The fraction of sp³-hybridized carbons (Fsp3) is 0.611. The highest BCUT2D eigenvalue weighted by Crippen LogP contribution is 2.26. The Labute approximate surface area is 147 Å². The van der Waals surface area contributed by atoms with E-state index in [2.05, 4.69) is 28.2 Å². The summed E-state index contributed by atoms with van der Waals surface area (Å²) in [5.74, 6) is 1.19. The summed E-state index contributed by atoms with van der Waals surface area (Å²) in [5, 5.41) is 2.87. The van der Waals surface area contributed by atoms with E-state index in [-0.39, 0.29) is 5.91 Å². The quantitative estimate of drug-likeness (QED) is 0.725. The molecule has 0 aliphatic heterocycles. The van der Waals surface area contributed by atoms with Gasteiger partial charge in [0.15, 0.2) is 6.10 Å². The number of hydrogen-bond donors (Lipinski definition) is 1. The molecule has 0 aromatic heterocycles. The first-order chi connectivity index (χ1) is 11.1. The summed E-state index contributed by atoms with van der Waals surface area (Å²) in [6, 6.07) is 7.45. The first kappa shape index (κ1) is 18.3. The minimum absolute atomic E-state index is 0.117. The normalized spacial score (nSPS) is 22.4. The number of halogens is 1. The molecule has 1 aromatic carbocycles. The van der Waals surface area contributed by atoms with Crippen molar-refractivity contribution in [1.29, 1.82) is 0 Å². The summed E-state index contributed by atoms with van der Waals surface area (Å²) in [6.07, 6.45) is 4.76. The van der Waals surface area contributed by atoms with Crippen LogP contribution in [0.4, 0.5) is 0 Å². The largest absolute Gasteiger partial charge is 0.481 e. The lowest BCUT2D eigenvalue weighted by Crippen LogP contribution is -2.39. The van der Waals surface area contributed by atoms with Gasteiger partial charge in [0.2, 0.25) is 0 Å².